The van der Waals surface area contributed by atoms with Gasteiger partial charge in [0.05, 0.1) is 38.4 Å². The first-order valence-electron chi connectivity index (χ1n) is 23.5. The zero-order valence-corrected chi connectivity index (χ0v) is 43.9. The van der Waals surface area contributed by atoms with E-state index in [9.17, 15) is 50.4 Å². The Kier molecular flexibility index (Phi) is 19.1. The Bertz CT molecular complexity index is 3080. The van der Waals surface area contributed by atoms with Crippen LogP contribution < -0.4 is 31.1 Å². The summed E-state index contributed by atoms with van der Waals surface area (Å²) in [7, 11) is -6.11. The molecule has 75 heavy (non-hydrogen) atoms. The number of rotatable bonds is 21. The van der Waals surface area contributed by atoms with Gasteiger partial charge in [0.1, 0.15) is 26.5 Å². The molecule has 4 aromatic carbocycles. The normalized spacial score (nSPS) is 18.5. The Hall–Kier alpha value is -7.69. The van der Waals surface area contributed by atoms with Crippen LogP contribution in [0.4, 0.5) is 16.2 Å². The van der Waals surface area contributed by atoms with Crippen molar-refractivity contribution in [1.82, 2.24) is 14.8 Å². The molecule has 4 aromatic rings. The largest absolute Gasteiger partial charge is 0.469 e. The molecule has 5 amide bonds. The van der Waals surface area contributed by atoms with E-state index in [0.717, 1.165) is 11.1 Å². The molecule has 4 atom stereocenters. The number of nitrogens with two attached hydrogens (primary N) is 1. The number of carbonyl (C=O) groups is 7. The molecule has 0 aromatic heterocycles. The maximum Gasteiger partial charge on any atom is 0.408 e. The molecule has 2 aliphatic carbocycles. The van der Waals surface area contributed by atoms with Crippen molar-refractivity contribution in [2.24, 2.45) is 17.6 Å². The van der Waals surface area contributed by atoms with Gasteiger partial charge in [0.2, 0.25) is 11.8 Å². The fourth-order valence-corrected chi connectivity index (χ4v) is 10.2. The Morgan fingerprint density at radius 1 is 0.627 bits per heavy atom. The molecule has 2 aliphatic rings. The van der Waals surface area contributed by atoms with Crippen LogP contribution in [0, 0.1) is 11.8 Å². The third-order valence-electron chi connectivity index (χ3n) is 12.0. The van der Waals surface area contributed by atoms with E-state index in [-0.39, 0.29) is 71.1 Å². The molecule has 20 nitrogen and oxygen atoms in total. The number of hydrogen-bond acceptors (Lipinski definition) is 15. The topological polar surface area (TPSA) is 302 Å². The summed E-state index contributed by atoms with van der Waals surface area (Å²) < 4.78 is 70.9. The van der Waals surface area contributed by atoms with Crippen molar-refractivity contribution in [3.63, 3.8) is 0 Å². The summed E-state index contributed by atoms with van der Waals surface area (Å²) in [4.78, 5) is 85.7. The van der Waals surface area contributed by atoms with Crippen LogP contribution in [0.3, 0.4) is 0 Å². The summed E-state index contributed by atoms with van der Waals surface area (Å²) in [5, 5.41) is 7.69. The molecule has 2 fully saturated rings. The monoisotopic (exact) mass is 1070 g/mol. The van der Waals surface area contributed by atoms with Crippen LogP contribution in [0.2, 0.25) is 0 Å². The molecule has 0 saturated heterocycles. The number of carbonyl (C=O) groups excluding carboxylic acids is 7. The van der Waals surface area contributed by atoms with Crippen molar-refractivity contribution in [1.29, 1.82) is 0 Å². The number of esters is 2. The van der Waals surface area contributed by atoms with Gasteiger partial charge in [-0.15, -0.1) is 13.2 Å². The summed E-state index contributed by atoms with van der Waals surface area (Å²) in [6, 6.07) is 25.8. The van der Waals surface area contributed by atoms with E-state index in [1.165, 1.54) is 62.8 Å². The van der Waals surface area contributed by atoms with Crippen LogP contribution in [0.1, 0.15) is 68.7 Å². The molecule has 0 unspecified atom stereocenters. The lowest BCUT2D eigenvalue weighted by Gasteiger charge is -2.23. The second-order valence-electron chi connectivity index (χ2n) is 18.8. The van der Waals surface area contributed by atoms with E-state index >= 15 is 0 Å². The standard InChI is InChI=1S/C29H35N3O8S.C24H27N3O6S/c1-6-21-18-29(21,31-27(36)40-28(2,3)4)26(35)32-41(37,38)23-13-8-7-12-22(23)30-24(33)17-20-11-9-10-19(16-20)14-15-25(34)39-5;1-3-18-15-24(18,25)23(30)27-34(31,32)20-10-5-4-9-19(20)26-21(28)14-17-8-6-7-16(13-17)11-12-22(29)33-2/h6-13,16,21H,1,14-15,17-18H2,2-5H3,(H,30,33)(H,31,36)(H,32,35);3-10,13,18H,1,11-12,14-15,25H2,2H3,(H,26,28)(H,27,30)/t21-,29-;18-,24-/m11/s1. The van der Waals surface area contributed by atoms with Gasteiger partial charge in [-0.3, -0.25) is 28.8 Å². The zero-order valence-electron chi connectivity index (χ0n) is 42.2. The number of para-hydroxylation sites is 2. The number of ether oxygens (including phenoxy) is 3. The molecular formula is C53H62N6O14S2. The van der Waals surface area contributed by atoms with Gasteiger partial charge in [0.15, 0.2) is 0 Å². The van der Waals surface area contributed by atoms with Crippen LogP contribution >= 0.6 is 0 Å². The predicted octanol–water partition coefficient (Wildman–Crippen LogP) is 4.93. The number of amides is 5. The first-order chi connectivity index (χ1) is 35.3. The smallest absolute Gasteiger partial charge is 0.408 e. The van der Waals surface area contributed by atoms with Crippen molar-refractivity contribution < 1.29 is 64.6 Å². The molecule has 0 heterocycles. The average molecular weight is 1070 g/mol. The number of alkyl carbamates (subject to hydrolysis) is 1. The first kappa shape index (κ1) is 58.2. The highest BCUT2D eigenvalue weighted by molar-refractivity contribution is 7.90. The first-order valence-corrected chi connectivity index (χ1v) is 26.5. The molecule has 0 bridgehead atoms. The fraction of sp³-hybridized carbons (Fsp3) is 0.340. The van der Waals surface area contributed by atoms with Gasteiger partial charge in [0, 0.05) is 24.7 Å². The van der Waals surface area contributed by atoms with E-state index in [1.54, 1.807) is 69.3 Å². The lowest BCUT2D eigenvalue weighted by atomic mass is 10.0. The van der Waals surface area contributed by atoms with E-state index < -0.39 is 72.4 Å². The van der Waals surface area contributed by atoms with Gasteiger partial charge in [-0.25, -0.2) is 31.1 Å². The molecule has 0 radical (unpaired) electrons. The van der Waals surface area contributed by atoms with E-state index in [0.29, 0.717) is 30.4 Å². The van der Waals surface area contributed by atoms with Crippen molar-refractivity contribution in [3.8, 4) is 0 Å². The molecule has 2 saturated carbocycles. The van der Waals surface area contributed by atoms with E-state index in [1.807, 2.05) is 21.6 Å². The summed E-state index contributed by atoms with van der Waals surface area (Å²) >= 11 is 0. The lowest BCUT2D eigenvalue weighted by molar-refractivity contribution is -0.141. The second-order valence-corrected chi connectivity index (χ2v) is 22.1. The highest BCUT2D eigenvalue weighted by atomic mass is 32.2. The number of sulfonamides is 2. The number of aryl methyl sites for hydroxylation is 2. The summed E-state index contributed by atoms with van der Waals surface area (Å²) in [5.74, 6) is -4.14. The van der Waals surface area contributed by atoms with Crippen molar-refractivity contribution in [3.05, 3.63) is 145 Å². The molecule has 22 heteroatoms. The quantitative estimate of drug-likeness (QED) is 0.0366. The van der Waals surface area contributed by atoms with Crippen LogP contribution in [-0.4, -0.2) is 89.4 Å². The second kappa shape index (κ2) is 24.6. The number of hydrogen-bond donors (Lipinski definition) is 6. The third-order valence-corrected chi connectivity index (χ3v) is 14.7. The molecule has 6 rings (SSSR count). The minimum Gasteiger partial charge on any atom is -0.469 e. The van der Waals surface area contributed by atoms with E-state index in [2.05, 4.69) is 38.6 Å². The van der Waals surface area contributed by atoms with Gasteiger partial charge in [-0.05, 0) is 93.0 Å². The maximum absolute atomic E-state index is 13.3. The molecule has 7 N–H and O–H groups in total. The minimum absolute atomic E-state index is 0.0142. The number of benzene rings is 4. The molecule has 400 valence electrons. The van der Waals surface area contributed by atoms with Crippen molar-refractivity contribution in [2.45, 2.75) is 98.6 Å². The number of anilines is 2. The van der Waals surface area contributed by atoms with Crippen LogP contribution in [0.15, 0.2) is 132 Å². The van der Waals surface area contributed by atoms with Crippen LogP contribution in [-0.2, 0) is 88.7 Å². The Morgan fingerprint density at radius 3 is 1.45 bits per heavy atom. The Balaban J connectivity index is 0.000000282. The van der Waals surface area contributed by atoms with Crippen molar-refractivity contribution in [2.75, 3.05) is 24.9 Å². The SMILES string of the molecule is C=C[C@@H]1C[C@]1(N)C(=O)NS(=O)(=O)c1ccccc1NC(=O)Cc1cccc(CCC(=O)OC)c1.C=C[C@@H]1C[C@]1(NC(=O)OC(C)(C)C)C(=O)NS(=O)(=O)c1ccccc1NC(=O)Cc1cccc(CCC(=O)OC)c1. The highest BCUT2D eigenvalue weighted by Gasteiger charge is 2.61. The van der Waals surface area contributed by atoms with Gasteiger partial charge < -0.3 is 35.9 Å². The lowest BCUT2D eigenvalue weighted by Crippen LogP contribution is -2.52. The molecular weight excluding hydrogens is 1010 g/mol. The zero-order chi connectivity index (χ0) is 55.4. The van der Waals surface area contributed by atoms with Crippen LogP contribution in [0.5, 0.6) is 0 Å². The highest BCUT2D eigenvalue weighted by Crippen LogP contribution is 2.45. The Labute approximate surface area is 436 Å². The Morgan fingerprint density at radius 2 is 1.05 bits per heavy atom. The van der Waals surface area contributed by atoms with Gasteiger partial charge in [-0.1, -0.05) is 84.9 Å². The number of nitrogens with one attached hydrogen (secondary N) is 5. The molecule has 0 aliphatic heterocycles. The minimum atomic E-state index is -4.46. The van der Waals surface area contributed by atoms with E-state index in [4.69, 9.17) is 10.5 Å². The number of methoxy groups -OCH3 is 2. The average Bonchev–Trinajstić information content (AvgIpc) is 4.26. The fourth-order valence-electron chi connectivity index (χ4n) is 7.77. The molecule has 0 spiro atoms. The van der Waals surface area contributed by atoms with Gasteiger partial charge in [-0.2, -0.15) is 0 Å². The summed E-state index contributed by atoms with van der Waals surface area (Å²) in [6.07, 6.45) is 3.84. The predicted molar refractivity (Wildman–Crippen MR) is 277 cm³/mol. The van der Waals surface area contributed by atoms with Gasteiger partial charge >= 0.3 is 18.0 Å². The summed E-state index contributed by atoms with van der Waals surface area (Å²) in [5.41, 5.74) is 5.38. The third kappa shape index (κ3) is 16.2. The maximum atomic E-state index is 13.3. The summed E-state index contributed by atoms with van der Waals surface area (Å²) in [6.45, 7) is 12.2. The van der Waals surface area contributed by atoms with Crippen molar-refractivity contribution >= 4 is 73.1 Å². The van der Waals surface area contributed by atoms with Gasteiger partial charge in [0.25, 0.3) is 31.9 Å². The van der Waals surface area contributed by atoms with Crippen LogP contribution in [0.25, 0.3) is 0 Å².